The zero-order valence-electron chi connectivity index (χ0n) is 19.8. The van der Waals surface area contributed by atoms with Gasteiger partial charge in [0.05, 0.1) is 17.3 Å². The second-order valence-corrected chi connectivity index (χ2v) is 8.82. The van der Waals surface area contributed by atoms with Crippen LogP contribution in [0.25, 0.3) is 22.3 Å². The maximum absolute atomic E-state index is 15.1. The first-order valence-corrected chi connectivity index (χ1v) is 11.6. The molecule has 4 aromatic rings. The second-order valence-electron chi connectivity index (χ2n) is 8.82. The summed E-state index contributed by atoms with van der Waals surface area (Å²) < 4.78 is 15.1. The fourth-order valence-electron chi connectivity index (χ4n) is 4.34. The lowest BCUT2D eigenvalue weighted by atomic mass is 10.0. The SMILES string of the molecule is C=CC(=O)Cc1cccc(-c2nc(Nc3cc(O)c(N4CCN(C)CC4)c(F)c3)nc3[nH]ncc23)c1. The predicted octanol–water partition coefficient (Wildman–Crippen LogP) is 3.66. The van der Waals surface area contributed by atoms with E-state index in [2.05, 4.69) is 37.0 Å². The topological polar surface area (TPSA) is 110 Å². The van der Waals surface area contributed by atoms with Gasteiger partial charge in [0.1, 0.15) is 11.4 Å². The van der Waals surface area contributed by atoms with Crippen LogP contribution in [0.5, 0.6) is 5.75 Å². The Bertz CT molecular complexity index is 1420. The maximum atomic E-state index is 15.1. The monoisotopic (exact) mass is 487 g/mol. The van der Waals surface area contributed by atoms with Gasteiger partial charge in [-0.15, -0.1) is 0 Å². The van der Waals surface area contributed by atoms with Crippen molar-refractivity contribution in [1.29, 1.82) is 0 Å². The molecule has 3 N–H and O–H groups in total. The van der Waals surface area contributed by atoms with E-state index in [1.54, 1.807) is 6.20 Å². The van der Waals surface area contributed by atoms with Crippen LogP contribution in [0.3, 0.4) is 0 Å². The quantitative estimate of drug-likeness (QED) is 0.339. The summed E-state index contributed by atoms with van der Waals surface area (Å²) in [6.45, 7) is 6.38. The van der Waals surface area contributed by atoms with Crippen molar-refractivity contribution < 1.29 is 14.3 Å². The van der Waals surface area contributed by atoms with Gasteiger partial charge in [0.25, 0.3) is 0 Å². The number of carbonyl (C=O) groups excluding carboxylic acids is 1. The number of carbonyl (C=O) groups is 1. The number of aromatic hydroxyl groups is 1. The van der Waals surface area contributed by atoms with E-state index in [-0.39, 0.29) is 29.6 Å². The molecular formula is C26H26FN7O2. The molecule has 1 saturated heterocycles. The number of hydrogen-bond acceptors (Lipinski definition) is 8. The fourth-order valence-corrected chi connectivity index (χ4v) is 4.34. The van der Waals surface area contributed by atoms with Crippen LogP contribution in [0.15, 0.2) is 55.3 Å². The number of nitrogens with one attached hydrogen (secondary N) is 2. The van der Waals surface area contributed by atoms with Gasteiger partial charge < -0.3 is 20.2 Å². The van der Waals surface area contributed by atoms with Crippen molar-refractivity contribution in [3.63, 3.8) is 0 Å². The first kappa shape index (κ1) is 23.4. The van der Waals surface area contributed by atoms with E-state index in [0.29, 0.717) is 35.5 Å². The zero-order valence-corrected chi connectivity index (χ0v) is 19.8. The third-order valence-corrected chi connectivity index (χ3v) is 6.24. The summed E-state index contributed by atoms with van der Waals surface area (Å²) in [5.41, 5.74) is 3.22. The van der Waals surface area contributed by atoms with Gasteiger partial charge in [-0.1, -0.05) is 24.8 Å². The van der Waals surface area contributed by atoms with Crippen LogP contribution >= 0.6 is 0 Å². The third kappa shape index (κ3) is 4.76. The van der Waals surface area contributed by atoms with Crippen molar-refractivity contribution >= 4 is 34.1 Å². The number of aromatic nitrogens is 4. The number of likely N-dealkylation sites (N-methyl/N-ethyl adjacent to an activating group) is 1. The minimum absolute atomic E-state index is 0.0764. The highest BCUT2D eigenvalue weighted by Crippen LogP contribution is 2.35. The molecule has 10 heteroatoms. The van der Waals surface area contributed by atoms with Crippen molar-refractivity contribution in [2.24, 2.45) is 0 Å². The van der Waals surface area contributed by atoms with Crippen LogP contribution < -0.4 is 10.2 Å². The van der Waals surface area contributed by atoms with Gasteiger partial charge in [-0.3, -0.25) is 9.89 Å². The average Bonchev–Trinajstić information content (AvgIpc) is 3.33. The first-order chi connectivity index (χ1) is 17.4. The number of halogens is 1. The molecule has 1 aliphatic heterocycles. The molecule has 0 amide bonds. The molecule has 9 nitrogen and oxygen atoms in total. The van der Waals surface area contributed by atoms with E-state index in [4.69, 9.17) is 0 Å². The largest absolute Gasteiger partial charge is 0.506 e. The number of benzene rings is 2. The number of hydrogen-bond donors (Lipinski definition) is 3. The number of allylic oxidation sites excluding steroid dienone is 1. The number of fused-ring (bicyclic) bond motifs is 1. The fraction of sp³-hybridized carbons (Fsp3) is 0.231. The Kier molecular flexibility index (Phi) is 6.34. The van der Waals surface area contributed by atoms with Gasteiger partial charge in [-0.2, -0.15) is 10.1 Å². The molecule has 2 aromatic carbocycles. The summed E-state index contributed by atoms with van der Waals surface area (Å²) in [6.07, 6.45) is 3.17. The van der Waals surface area contributed by atoms with Gasteiger partial charge in [0.15, 0.2) is 17.2 Å². The van der Waals surface area contributed by atoms with Gasteiger partial charge in [0.2, 0.25) is 5.95 Å². The molecule has 0 saturated carbocycles. The highest BCUT2D eigenvalue weighted by molar-refractivity contribution is 5.93. The molecule has 0 unspecified atom stereocenters. The number of H-pyrrole nitrogens is 1. The van der Waals surface area contributed by atoms with Crippen LogP contribution in [-0.2, 0) is 11.2 Å². The zero-order chi connectivity index (χ0) is 25.2. The number of ketones is 1. The van der Waals surface area contributed by atoms with E-state index in [1.165, 1.54) is 18.2 Å². The Labute approximate surface area is 207 Å². The smallest absolute Gasteiger partial charge is 0.229 e. The number of nitrogens with zero attached hydrogens (tertiary/aromatic N) is 5. The Morgan fingerprint density at radius 3 is 2.78 bits per heavy atom. The highest BCUT2D eigenvalue weighted by atomic mass is 19.1. The van der Waals surface area contributed by atoms with Gasteiger partial charge in [0, 0.05) is 49.9 Å². The Morgan fingerprint density at radius 2 is 2.03 bits per heavy atom. The number of phenols is 1. The standard InChI is InChI=1S/C26H26FN7O2/c1-3-19(35)12-16-5-4-6-17(11-16)23-20-15-28-32-25(20)31-26(30-23)29-18-13-21(27)24(22(36)14-18)34-9-7-33(2)8-10-34/h3-6,11,13-15,36H,1,7-10,12H2,2H3,(H2,28,29,30,31,32). The predicted molar refractivity (Wildman–Crippen MR) is 137 cm³/mol. The highest BCUT2D eigenvalue weighted by Gasteiger charge is 2.22. The lowest BCUT2D eigenvalue weighted by Crippen LogP contribution is -2.44. The van der Waals surface area contributed by atoms with E-state index in [9.17, 15) is 9.90 Å². The molecule has 1 fully saturated rings. The van der Waals surface area contributed by atoms with E-state index in [1.807, 2.05) is 36.2 Å². The molecule has 5 rings (SSSR count). The first-order valence-electron chi connectivity index (χ1n) is 11.6. The minimum atomic E-state index is -0.524. The van der Waals surface area contributed by atoms with Crippen molar-refractivity contribution in [1.82, 2.24) is 25.1 Å². The van der Waals surface area contributed by atoms with Crippen LogP contribution in [-0.4, -0.2) is 69.2 Å². The number of piperazine rings is 1. The summed E-state index contributed by atoms with van der Waals surface area (Å²) in [5, 5.41) is 21.3. The van der Waals surface area contributed by atoms with Crippen molar-refractivity contribution in [3.8, 4) is 17.0 Å². The molecule has 0 atom stereocenters. The maximum Gasteiger partial charge on any atom is 0.229 e. The average molecular weight is 488 g/mol. The molecule has 36 heavy (non-hydrogen) atoms. The summed E-state index contributed by atoms with van der Waals surface area (Å²) in [7, 11) is 2.02. The Hall–Kier alpha value is -4.31. The summed E-state index contributed by atoms with van der Waals surface area (Å²) >= 11 is 0. The van der Waals surface area contributed by atoms with E-state index < -0.39 is 5.82 Å². The molecule has 3 heterocycles. The van der Waals surface area contributed by atoms with Crippen LogP contribution in [0, 0.1) is 5.82 Å². The lowest BCUT2D eigenvalue weighted by Gasteiger charge is -2.34. The number of phenolic OH excluding ortho intramolecular Hbond substituents is 1. The second kappa shape index (κ2) is 9.74. The van der Waals surface area contributed by atoms with E-state index >= 15 is 4.39 Å². The summed E-state index contributed by atoms with van der Waals surface area (Å²) in [5.74, 6) is -0.540. The molecule has 184 valence electrons. The molecule has 0 radical (unpaired) electrons. The van der Waals surface area contributed by atoms with Crippen LogP contribution in [0.1, 0.15) is 5.56 Å². The van der Waals surface area contributed by atoms with Crippen molar-refractivity contribution in [3.05, 3.63) is 66.6 Å². The van der Waals surface area contributed by atoms with Gasteiger partial charge >= 0.3 is 0 Å². The molecular weight excluding hydrogens is 461 g/mol. The van der Waals surface area contributed by atoms with Gasteiger partial charge in [-0.25, -0.2) is 9.37 Å². The molecule has 1 aliphatic rings. The normalized spacial score (nSPS) is 14.2. The van der Waals surface area contributed by atoms with Crippen molar-refractivity contribution in [2.75, 3.05) is 43.4 Å². The van der Waals surface area contributed by atoms with Gasteiger partial charge in [-0.05, 0) is 30.8 Å². The molecule has 2 aromatic heterocycles. The van der Waals surface area contributed by atoms with E-state index in [0.717, 1.165) is 24.2 Å². The number of anilines is 3. The number of rotatable bonds is 7. The summed E-state index contributed by atoms with van der Waals surface area (Å²) in [4.78, 5) is 24.9. The van der Waals surface area contributed by atoms with Crippen LogP contribution in [0.2, 0.25) is 0 Å². The Balaban J connectivity index is 1.46. The molecule has 0 bridgehead atoms. The number of aromatic amines is 1. The summed E-state index contributed by atoms with van der Waals surface area (Å²) in [6, 6.07) is 10.3. The third-order valence-electron chi connectivity index (χ3n) is 6.24. The van der Waals surface area contributed by atoms with Crippen molar-refractivity contribution in [2.45, 2.75) is 6.42 Å². The lowest BCUT2D eigenvalue weighted by molar-refractivity contribution is -0.114. The Morgan fingerprint density at radius 1 is 1.22 bits per heavy atom. The van der Waals surface area contributed by atoms with Crippen LogP contribution in [0.4, 0.5) is 21.7 Å². The minimum Gasteiger partial charge on any atom is -0.506 e. The molecule has 0 aliphatic carbocycles. The molecule has 0 spiro atoms.